The van der Waals surface area contributed by atoms with E-state index in [0.717, 1.165) is 15.8 Å². The van der Waals surface area contributed by atoms with Crippen molar-refractivity contribution in [3.8, 4) is 0 Å². The fourth-order valence-corrected chi connectivity index (χ4v) is 3.42. The molecule has 9 nitrogen and oxygen atoms in total. The van der Waals surface area contributed by atoms with Crippen molar-refractivity contribution in [1.29, 1.82) is 0 Å². The average molecular weight is 421 g/mol. The zero-order chi connectivity index (χ0) is 22.0. The molecule has 0 spiro atoms. The van der Waals surface area contributed by atoms with E-state index in [0.29, 0.717) is 11.3 Å². The van der Waals surface area contributed by atoms with Crippen molar-refractivity contribution in [2.24, 2.45) is 0 Å². The Labute approximate surface area is 176 Å². The normalized spacial score (nSPS) is 15.6. The van der Waals surface area contributed by atoms with Gasteiger partial charge in [-0.15, -0.1) is 0 Å². The van der Waals surface area contributed by atoms with Crippen LogP contribution in [0.3, 0.4) is 0 Å². The highest BCUT2D eigenvalue weighted by Gasteiger charge is 2.36. The quantitative estimate of drug-likeness (QED) is 0.372. The number of carbonyl (C=O) groups excluding carboxylic acids is 4. The lowest BCUT2D eigenvalue weighted by Gasteiger charge is -2.25. The maximum absolute atomic E-state index is 12.9. The number of nitrogens with one attached hydrogen (secondary N) is 1. The molecule has 1 aliphatic heterocycles. The van der Waals surface area contributed by atoms with Crippen LogP contribution in [0.2, 0.25) is 0 Å². The molecule has 2 aromatic heterocycles. The lowest BCUT2D eigenvalue weighted by Crippen LogP contribution is -2.53. The number of hydrogen-bond acceptors (Lipinski definition) is 6. The molecule has 0 radical (unpaired) electrons. The Bertz CT molecular complexity index is 1210. The summed E-state index contributed by atoms with van der Waals surface area (Å²) in [6.45, 7) is 1.88. The molecule has 4 amide bonds. The Morgan fingerprint density at radius 2 is 1.97 bits per heavy atom. The van der Waals surface area contributed by atoms with E-state index >= 15 is 0 Å². The van der Waals surface area contributed by atoms with Gasteiger partial charge in [0.05, 0.1) is 19.4 Å². The molecule has 9 heteroatoms. The number of nitrogens with zero attached hydrogens (tertiary/aromatic N) is 2. The molecule has 3 heterocycles. The number of imide groups is 2. The third kappa shape index (κ3) is 3.97. The molecular weight excluding hydrogens is 402 g/mol. The minimum atomic E-state index is -0.812. The molecule has 31 heavy (non-hydrogen) atoms. The van der Waals surface area contributed by atoms with Crippen molar-refractivity contribution in [1.82, 2.24) is 14.8 Å². The van der Waals surface area contributed by atoms with Crippen molar-refractivity contribution < 1.29 is 28.3 Å². The van der Waals surface area contributed by atoms with E-state index in [2.05, 4.69) is 5.32 Å². The highest BCUT2D eigenvalue weighted by Crippen LogP contribution is 2.25. The molecule has 1 aromatic carbocycles. The van der Waals surface area contributed by atoms with Crippen LogP contribution in [0.15, 0.2) is 58.8 Å². The van der Waals surface area contributed by atoms with Crippen molar-refractivity contribution >= 4 is 40.8 Å². The number of barbiturate groups is 1. The second kappa shape index (κ2) is 8.31. The Balaban J connectivity index is 1.71. The topological polar surface area (TPSA) is 111 Å². The van der Waals surface area contributed by atoms with Gasteiger partial charge in [0, 0.05) is 22.7 Å². The third-order valence-corrected chi connectivity index (χ3v) is 4.80. The Morgan fingerprint density at radius 3 is 2.71 bits per heavy atom. The molecule has 0 unspecified atom stereocenters. The van der Waals surface area contributed by atoms with Crippen molar-refractivity contribution in [2.75, 3.05) is 6.61 Å². The zero-order valence-corrected chi connectivity index (χ0v) is 16.7. The second-order valence-corrected chi connectivity index (χ2v) is 6.82. The first-order valence-corrected chi connectivity index (χ1v) is 9.62. The van der Waals surface area contributed by atoms with Gasteiger partial charge in [0.15, 0.2) is 0 Å². The van der Waals surface area contributed by atoms with E-state index in [9.17, 15) is 19.2 Å². The van der Waals surface area contributed by atoms with Crippen molar-refractivity contribution in [2.45, 2.75) is 20.0 Å². The van der Waals surface area contributed by atoms with Gasteiger partial charge in [-0.05, 0) is 31.2 Å². The van der Waals surface area contributed by atoms with Gasteiger partial charge in [-0.2, -0.15) is 0 Å². The lowest BCUT2D eigenvalue weighted by molar-refractivity contribution is -0.143. The number of para-hydroxylation sites is 1. The number of urea groups is 1. The monoisotopic (exact) mass is 421 g/mol. The number of benzene rings is 1. The van der Waals surface area contributed by atoms with Crippen LogP contribution in [-0.2, 0) is 32.2 Å². The second-order valence-electron chi connectivity index (χ2n) is 6.82. The van der Waals surface area contributed by atoms with Gasteiger partial charge < -0.3 is 13.7 Å². The van der Waals surface area contributed by atoms with Crippen LogP contribution in [0.25, 0.3) is 17.0 Å². The molecular formula is C22H19N3O6. The first-order valence-electron chi connectivity index (χ1n) is 9.62. The SMILES string of the molecule is CCOC(=O)Cn1cc(/C=C2\C(=O)NC(=O)N(Cc3ccco3)C2=O)c2ccccc21. The fraction of sp³-hybridized carbons (Fsp3) is 0.182. The molecule has 158 valence electrons. The largest absolute Gasteiger partial charge is 0.467 e. The zero-order valence-electron chi connectivity index (χ0n) is 16.7. The number of furan rings is 1. The van der Waals surface area contributed by atoms with Crippen LogP contribution < -0.4 is 5.32 Å². The highest BCUT2D eigenvalue weighted by atomic mass is 16.5. The molecule has 0 bridgehead atoms. The first kappa shape index (κ1) is 20.1. The number of esters is 1. The predicted molar refractivity (Wildman–Crippen MR) is 109 cm³/mol. The summed E-state index contributed by atoms with van der Waals surface area (Å²) in [4.78, 5) is 50.4. The van der Waals surface area contributed by atoms with E-state index < -0.39 is 23.8 Å². The Kier molecular flexibility index (Phi) is 5.40. The molecule has 4 rings (SSSR count). The third-order valence-electron chi connectivity index (χ3n) is 4.80. The summed E-state index contributed by atoms with van der Waals surface area (Å²) >= 11 is 0. The van der Waals surface area contributed by atoms with Gasteiger partial charge in [0.25, 0.3) is 11.8 Å². The van der Waals surface area contributed by atoms with E-state index in [4.69, 9.17) is 9.15 Å². The number of aromatic nitrogens is 1. The smallest absolute Gasteiger partial charge is 0.331 e. The van der Waals surface area contributed by atoms with Crippen LogP contribution in [0, 0.1) is 0 Å². The standard InChI is InChI=1S/C22H19N3O6/c1-2-30-19(26)13-24-11-14(16-7-3-4-8-18(16)24)10-17-20(27)23-22(29)25(21(17)28)12-15-6-5-9-31-15/h3-11H,2,12-13H2,1H3,(H,23,27,29)/b17-10+. The Hall–Kier alpha value is -4.14. The average Bonchev–Trinajstić information content (AvgIpc) is 3.37. The summed E-state index contributed by atoms with van der Waals surface area (Å²) in [6.07, 6.45) is 4.52. The minimum Gasteiger partial charge on any atom is -0.467 e. The van der Waals surface area contributed by atoms with Gasteiger partial charge in [0.1, 0.15) is 17.9 Å². The molecule has 0 atom stereocenters. The van der Waals surface area contributed by atoms with Crippen LogP contribution in [0.4, 0.5) is 4.79 Å². The summed E-state index contributed by atoms with van der Waals surface area (Å²) in [5.41, 5.74) is 1.12. The molecule has 0 aliphatic carbocycles. The number of ether oxygens (including phenoxy) is 1. The van der Waals surface area contributed by atoms with Crippen molar-refractivity contribution in [3.63, 3.8) is 0 Å². The van der Waals surface area contributed by atoms with Gasteiger partial charge in [-0.1, -0.05) is 18.2 Å². The fourth-order valence-electron chi connectivity index (χ4n) is 3.42. The lowest BCUT2D eigenvalue weighted by atomic mass is 10.1. The van der Waals surface area contributed by atoms with Gasteiger partial charge >= 0.3 is 12.0 Å². The summed E-state index contributed by atoms with van der Waals surface area (Å²) in [6, 6.07) is 9.74. The molecule has 0 saturated carbocycles. The van der Waals surface area contributed by atoms with Crippen LogP contribution in [0.5, 0.6) is 0 Å². The van der Waals surface area contributed by atoms with Gasteiger partial charge in [-0.3, -0.25) is 24.6 Å². The molecule has 1 aliphatic rings. The first-order chi connectivity index (χ1) is 15.0. The molecule has 1 N–H and O–H groups in total. The minimum absolute atomic E-state index is 0.0131. The van der Waals surface area contributed by atoms with E-state index in [1.165, 1.54) is 12.3 Å². The maximum atomic E-state index is 12.9. The number of carbonyl (C=O) groups is 4. The number of rotatable bonds is 6. The van der Waals surface area contributed by atoms with Crippen molar-refractivity contribution in [3.05, 3.63) is 65.8 Å². The van der Waals surface area contributed by atoms with Crippen LogP contribution in [-0.4, -0.2) is 39.9 Å². The predicted octanol–water partition coefficient (Wildman–Crippen LogP) is 2.46. The van der Waals surface area contributed by atoms with Crippen LogP contribution in [0.1, 0.15) is 18.2 Å². The Morgan fingerprint density at radius 1 is 1.16 bits per heavy atom. The summed E-state index contributed by atoms with van der Waals surface area (Å²) in [5.74, 6) is -1.51. The van der Waals surface area contributed by atoms with Gasteiger partial charge in [-0.25, -0.2) is 4.79 Å². The van der Waals surface area contributed by atoms with Gasteiger partial charge in [0.2, 0.25) is 0 Å². The molecule has 3 aromatic rings. The number of hydrogen-bond donors (Lipinski definition) is 1. The van der Waals surface area contributed by atoms with E-state index in [1.807, 2.05) is 24.3 Å². The highest BCUT2D eigenvalue weighted by molar-refractivity contribution is 6.31. The van der Waals surface area contributed by atoms with E-state index in [-0.39, 0.29) is 25.3 Å². The summed E-state index contributed by atoms with van der Waals surface area (Å²) < 4.78 is 11.9. The summed E-state index contributed by atoms with van der Waals surface area (Å²) in [7, 11) is 0. The number of amides is 4. The maximum Gasteiger partial charge on any atom is 0.331 e. The molecule has 1 fully saturated rings. The molecule has 1 saturated heterocycles. The number of fused-ring (bicyclic) bond motifs is 1. The summed E-state index contributed by atoms with van der Waals surface area (Å²) in [5, 5.41) is 2.93. The van der Waals surface area contributed by atoms with E-state index in [1.54, 1.807) is 29.8 Å². The van der Waals surface area contributed by atoms with Crippen LogP contribution >= 0.6 is 0 Å².